The number of aromatic nitrogens is 2. The van der Waals surface area contributed by atoms with Crippen molar-refractivity contribution in [3.8, 4) is 5.88 Å². The molecule has 0 aromatic carbocycles. The molecule has 2 N–H and O–H groups in total. The molecule has 0 radical (unpaired) electrons. The first-order valence-corrected chi connectivity index (χ1v) is 6.00. The normalized spacial score (nSPS) is 22.0. The molecule has 3 rings (SSSR count). The molecule has 2 aliphatic rings. The number of carbonyl (C=O) groups is 2. The van der Waals surface area contributed by atoms with E-state index in [9.17, 15) is 9.59 Å². The van der Waals surface area contributed by atoms with E-state index < -0.39 is 0 Å². The fraction of sp³-hybridized carbons (Fsp3) is 0.545. The van der Waals surface area contributed by atoms with Crippen molar-refractivity contribution in [2.75, 3.05) is 13.2 Å². The van der Waals surface area contributed by atoms with Crippen molar-refractivity contribution in [1.29, 1.82) is 0 Å². The first-order chi connectivity index (χ1) is 8.72. The Morgan fingerprint density at radius 3 is 3.22 bits per heavy atom. The summed E-state index contributed by atoms with van der Waals surface area (Å²) < 4.78 is 7.09. The Hall–Kier alpha value is -2.05. The lowest BCUT2D eigenvalue weighted by Crippen LogP contribution is -2.36. The van der Waals surface area contributed by atoms with Crippen molar-refractivity contribution >= 4 is 11.8 Å². The molecular weight excluding hydrogens is 236 g/mol. The molecule has 96 valence electrons. The van der Waals surface area contributed by atoms with Gasteiger partial charge in [0.1, 0.15) is 0 Å². The average Bonchev–Trinajstić information content (AvgIpc) is 2.95. The summed E-state index contributed by atoms with van der Waals surface area (Å²) in [6, 6.07) is 1.49. The van der Waals surface area contributed by atoms with Gasteiger partial charge in [-0.3, -0.25) is 9.59 Å². The van der Waals surface area contributed by atoms with Crippen LogP contribution in [0.15, 0.2) is 6.07 Å². The highest BCUT2D eigenvalue weighted by Crippen LogP contribution is 2.18. The second-order valence-corrected chi connectivity index (χ2v) is 4.47. The summed E-state index contributed by atoms with van der Waals surface area (Å²) in [7, 11) is 0. The number of aryl methyl sites for hydroxylation is 1. The molecule has 1 saturated heterocycles. The SMILES string of the molecule is O=C1C[C@H](NC(=O)c2cc3n(n2)CCCO3)CN1. The Morgan fingerprint density at radius 2 is 2.50 bits per heavy atom. The molecule has 2 amide bonds. The van der Waals surface area contributed by atoms with E-state index in [1.165, 1.54) is 0 Å². The number of amides is 2. The number of nitrogens with one attached hydrogen (secondary N) is 2. The third-order valence-corrected chi connectivity index (χ3v) is 3.05. The van der Waals surface area contributed by atoms with Crippen LogP contribution >= 0.6 is 0 Å². The molecule has 0 bridgehead atoms. The lowest BCUT2D eigenvalue weighted by molar-refractivity contribution is -0.119. The monoisotopic (exact) mass is 250 g/mol. The largest absolute Gasteiger partial charge is 0.478 e. The van der Waals surface area contributed by atoms with Crippen molar-refractivity contribution in [2.24, 2.45) is 0 Å². The lowest BCUT2D eigenvalue weighted by atomic mass is 10.2. The Morgan fingerprint density at radius 1 is 1.61 bits per heavy atom. The molecule has 1 aromatic rings. The fourth-order valence-electron chi connectivity index (χ4n) is 2.14. The Bertz CT molecular complexity index is 473. The van der Waals surface area contributed by atoms with Gasteiger partial charge in [0.25, 0.3) is 5.91 Å². The summed E-state index contributed by atoms with van der Waals surface area (Å²) in [5, 5.41) is 9.64. The van der Waals surface area contributed by atoms with Gasteiger partial charge in [-0.15, -0.1) is 0 Å². The number of nitrogens with zero attached hydrogens (tertiary/aromatic N) is 2. The van der Waals surface area contributed by atoms with Gasteiger partial charge in [-0.25, -0.2) is 4.68 Å². The fourth-order valence-corrected chi connectivity index (χ4v) is 2.14. The molecule has 0 saturated carbocycles. The van der Waals surface area contributed by atoms with Gasteiger partial charge in [0.05, 0.1) is 12.6 Å². The van der Waals surface area contributed by atoms with Gasteiger partial charge in [0.2, 0.25) is 11.8 Å². The standard InChI is InChI=1S/C11H14N4O3/c16-9-4-7(6-12-9)13-11(17)8-5-10-15(14-8)2-1-3-18-10/h5,7H,1-4,6H2,(H,12,16)(H,13,17)/t7-/m0/s1. The molecular formula is C11H14N4O3. The first-order valence-electron chi connectivity index (χ1n) is 6.00. The van der Waals surface area contributed by atoms with E-state index >= 15 is 0 Å². The minimum absolute atomic E-state index is 0.0345. The van der Waals surface area contributed by atoms with Crippen LogP contribution in [0.2, 0.25) is 0 Å². The van der Waals surface area contributed by atoms with Crippen LogP contribution in [-0.2, 0) is 11.3 Å². The summed E-state index contributed by atoms with van der Waals surface area (Å²) in [6.07, 6.45) is 1.23. The van der Waals surface area contributed by atoms with Crippen molar-refractivity contribution in [3.63, 3.8) is 0 Å². The minimum atomic E-state index is -0.262. The number of hydrogen-bond donors (Lipinski definition) is 2. The van der Waals surface area contributed by atoms with E-state index in [1.54, 1.807) is 10.7 Å². The Balaban J connectivity index is 1.68. The van der Waals surface area contributed by atoms with E-state index in [0.717, 1.165) is 13.0 Å². The number of fused-ring (bicyclic) bond motifs is 1. The van der Waals surface area contributed by atoms with Crippen LogP contribution in [0.4, 0.5) is 0 Å². The van der Waals surface area contributed by atoms with Gasteiger partial charge in [-0.2, -0.15) is 5.10 Å². The topological polar surface area (TPSA) is 85.2 Å². The third-order valence-electron chi connectivity index (χ3n) is 3.05. The molecule has 0 spiro atoms. The second-order valence-electron chi connectivity index (χ2n) is 4.47. The number of carbonyl (C=O) groups excluding carboxylic acids is 2. The molecule has 0 unspecified atom stereocenters. The summed E-state index contributed by atoms with van der Waals surface area (Å²) in [4.78, 5) is 23.0. The van der Waals surface area contributed by atoms with Crippen molar-refractivity contribution in [3.05, 3.63) is 11.8 Å². The Kier molecular flexibility index (Phi) is 2.66. The van der Waals surface area contributed by atoms with Gasteiger partial charge < -0.3 is 15.4 Å². The van der Waals surface area contributed by atoms with E-state index in [4.69, 9.17) is 4.74 Å². The molecule has 2 aliphatic heterocycles. The van der Waals surface area contributed by atoms with Gasteiger partial charge in [-0.1, -0.05) is 0 Å². The summed E-state index contributed by atoms with van der Waals surface area (Å²) in [5.41, 5.74) is 0.339. The summed E-state index contributed by atoms with van der Waals surface area (Å²) in [5.74, 6) is 0.335. The highest BCUT2D eigenvalue weighted by Gasteiger charge is 2.25. The van der Waals surface area contributed by atoms with Crippen LogP contribution in [0, 0.1) is 0 Å². The average molecular weight is 250 g/mol. The van der Waals surface area contributed by atoms with Crippen molar-refractivity contribution < 1.29 is 14.3 Å². The molecule has 1 aromatic heterocycles. The Labute approximate surface area is 103 Å². The zero-order chi connectivity index (χ0) is 12.5. The van der Waals surface area contributed by atoms with Gasteiger partial charge in [-0.05, 0) is 0 Å². The predicted octanol–water partition coefficient (Wildman–Crippen LogP) is -0.716. The highest BCUT2D eigenvalue weighted by atomic mass is 16.5. The van der Waals surface area contributed by atoms with Crippen LogP contribution in [0.25, 0.3) is 0 Å². The van der Waals surface area contributed by atoms with Gasteiger partial charge in [0, 0.05) is 32.0 Å². The van der Waals surface area contributed by atoms with Crippen molar-refractivity contribution in [2.45, 2.75) is 25.4 Å². The quantitative estimate of drug-likeness (QED) is 0.725. The van der Waals surface area contributed by atoms with E-state index in [2.05, 4.69) is 15.7 Å². The van der Waals surface area contributed by atoms with Gasteiger partial charge in [0.15, 0.2) is 5.69 Å². The molecule has 0 aliphatic carbocycles. The van der Waals surface area contributed by atoms with Crippen LogP contribution < -0.4 is 15.4 Å². The third kappa shape index (κ3) is 2.03. The second kappa shape index (κ2) is 4.32. The summed E-state index contributed by atoms with van der Waals surface area (Å²) in [6.45, 7) is 1.91. The van der Waals surface area contributed by atoms with Crippen LogP contribution in [0.5, 0.6) is 5.88 Å². The van der Waals surface area contributed by atoms with Crippen LogP contribution in [-0.4, -0.2) is 40.8 Å². The van der Waals surface area contributed by atoms with Crippen LogP contribution in [0.1, 0.15) is 23.3 Å². The predicted molar refractivity (Wildman–Crippen MR) is 61.2 cm³/mol. The molecule has 7 heteroatoms. The molecule has 18 heavy (non-hydrogen) atoms. The minimum Gasteiger partial charge on any atom is -0.478 e. The molecule has 1 atom stereocenters. The number of rotatable bonds is 2. The summed E-state index contributed by atoms with van der Waals surface area (Å²) >= 11 is 0. The lowest BCUT2D eigenvalue weighted by Gasteiger charge is -2.13. The maximum absolute atomic E-state index is 11.9. The number of hydrogen-bond acceptors (Lipinski definition) is 4. The van der Waals surface area contributed by atoms with E-state index in [-0.39, 0.29) is 17.9 Å². The highest BCUT2D eigenvalue weighted by molar-refractivity contribution is 5.93. The van der Waals surface area contributed by atoms with E-state index in [0.29, 0.717) is 31.1 Å². The maximum Gasteiger partial charge on any atom is 0.272 e. The first kappa shape index (κ1) is 11.1. The molecule has 7 nitrogen and oxygen atoms in total. The van der Waals surface area contributed by atoms with E-state index in [1.807, 2.05) is 0 Å². The zero-order valence-electron chi connectivity index (χ0n) is 9.81. The van der Waals surface area contributed by atoms with Crippen molar-refractivity contribution in [1.82, 2.24) is 20.4 Å². The smallest absolute Gasteiger partial charge is 0.272 e. The molecule has 1 fully saturated rings. The van der Waals surface area contributed by atoms with Crippen LogP contribution in [0.3, 0.4) is 0 Å². The molecule has 3 heterocycles. The zero-order valence-corrected chi connectivity index (χ0v) is 9.81. The maximum atomic E-state index is 11.9. The van der Waals surface area contributed by atoms with Gasteiger partial charge >= 0.3 is 0 Å². The number of ether oxygens (including phenoxy) is 1.